The summed E-state index contributed by atoms with van der Waals surface area (Å²) >= 11 is 4.57. The molecule has 0 bridgehead atoms. The Morgan fingerprint density at radius 3 is 2.00 bits per heavy atom. The van der Waals surface area contributed by atoms with Crippen molar-refractivity contribution in [2.24, 2.45) is 0 Å². The monoisotopic (exact) mass is 538 g/mol. The van der Waals surface area contributed by atoms with E-state index in [-0.39, 0.29) is 5.56 Å². The van der Waals surface area contributed by atoms with E-state index in [1.54, 1.807) is 13.0 Å². The molecule has 0 aliphatic rings. The number of alkyl halides is 2. The Bertz CT molecular complexity index is 417. The van der Waals surface area contributed by atoms with Crippen LogP contribution < -0.4 is 51.7 Å². The van der Waals surface area contributed by atoms with Crippen molar-refractivity contribution in [3.63, 3.8) is 0 Å². The summed E-state index contributed by atoms with van der Waals surface area (Å²) in [5, 5.41) is 12.5. The molecule has 0 saturated heterocycles. The predicted molar refractivity (Wildman–Crippen MR) is 83.0 cm³/mol. The molecule has 2 heterocycles. The van der Waals surface area contributed by atoms with Crippen LogP contribution in [0.4, 0.5) is 0 Å². The standard InChI is InChI=1S/C12H17I2PS2Si/c1-18(2,3)14-10-13-15(11-4-6-16-8-11)12-5-7-17-9-12/h4-9H,10H2,1-3H3/q-2. The molecule has 0 radical (unpaired) electrons. The first-order chi connectivity index (χ1) is 8.56. The molecule has 0 nitrogen and oxygen atoms in total. The van der Waals surface area contributed by atoms with Crippen molar-refractivity contribution in [3.05, 3.63) is 33.7 Å². The summed E-state index contributed by atoms with van der Waals surface area (Å²) in [5.41, 5.74) is -0.690. The fourth-order valence-corrected chi connectivity index (χ4v) is 45.4. The van der Waals surface area contributed by atoms with Gasteiger partial charge in [0.25, 0.3) is 0 Å². The molecule has 0 N–H and O–H groups in total. The van der Waals surface area contributed by atoms with Crippen LogP contribution in [0.2, 0.25) is 19.6 Å². The Kier molecular flexibility index (Phi) is 6.62. The summed E-state index contributed by atoms with van der Waals surface area (Å²) in [4.78, 5) is 0. The zero-order valence-electron chi connectivity index (χ0n) is 10.7. The van der Waals surface area contributed by atoms with Gasteiger partial charge >= 0.3 is 141 Å². The second-order valence-electron chi connectivity index (χ2n) is 4.67. The Balaban J connectivity index is 2.03. The molecular formula is C12H17I2PS2Si-2. The Hall–Kier alpha value is 1.51. The molecule has 0 aliphatic heterocycles. The van der Waals surface area contributed by atoms with Crippen molar-refractivity contribution in [1.29, 1.82) is 0 Å². The van der Waals surface area contributed by atoms with Gasteiger partial charge in [-0.05, 0) is 0 Å². The molecule has 2 aromatic rings. The van der Waals surface area contributed by atoms with E-state index in [4.69, 9.17) is 0 Å². The first-order valence-corrected chi connectivity index (χ1v) is 21.3. The van der Waals surface area contributed by atoms with E-state index in [0.29, 0.717) is 41.1 Å². The van der Waals surface area contributed by atoms with Crippen LogP contribution in [0.5, 0.6) is 0 Å². The fraction of sp³-hybridized carbons (Fsp3) is 0.333. The van der Waals surface area contributed by atoms with Crippen LogP contribution in [-0.2, 0) is 0 Å². The van der Waals surface area contributed by atoms with E-state index in [0.717, 1.165) is 0 Å². The van der Waals surface area contributed by atoms with E-state index in [9.17, 15) is 0 Å². The topological polar surface area (TPSA) is 0 Å². The van der Waals surface area contributed by atoms with Gasteiger partial charge in [-0.1, -0.05) is 0 Å². The summed E-state index contributed by atoms with van der Waals surface area (Å²) in [5.74, 6) is 0. The van der Waals surface area contributed by atoms with E-state index in [1.165, 1.54) is 0 Å². The number of hydrogen-bond acceptors (Lipinski definition) is 2. The predicted octanol–water partition coefficient (Wildman–Crippen LogP) is -1.87. The first-order valence-electron chi connectivity index (χ1n) is 5.60. The molecule has 18 heavy (non-hydrogen) atoms. The molecule has 0 unspecified atom stereocenters. The summed E-state index contributed by atoms with van der Waals surface area (Å²) < 4.78 is 1.62. The summed E-state index contributed by atoms with van der Waals surface area (Å²) in [6.07, 6.45) is 0. The second kappa shape index (κ2) is 7.50. The molecule has 0 saturated carbocycles. The van der Waals surface area contributed by atoms with Crippen molar-refractivity contribution in [1.82, 2.24) is 0 Å². The van der Waals surface area contributed by atoms with E-state index in [1.807, 2.05) is 22.7 Å². The molecule has 2 aromatic heterocycles. The fourth-order valence-electron chi connectivity index (χ4n) is 1.24. The normalized spacial score (nSPS) is 12.7. The number of hydrogen-bond donors (Lipinski definition) is 0. The maximum absolute atomic E-state index is 2.54. The van der Waals surface area contributed by atoms with Gasteiger partial charge in [-0.2, -0.15) is 0 Å². The quantitative estimate of drug-likeness (QED) is 0.133. The number of halogens is 2. The molecule has 0 aliphatic carbocycles. The van der Waals surface area contributed by atoms with E-state index in [2.05, 4.69) is 53.3 Å². The number of rotatable bonds is 6. The molecule has 0 aromatic carbocycles. The molecule has 6 heteroatoms. The van der Waals surface area contributed by atoms with Gasteiger partial charge in [0, 0.05) is 0 Å². The SMILES string of the molecule is C[Si](C)(C)[I-]C[I-]P(c1ccsc1)c1ccsc1. The molecular weight excluding hydrogens is 521 g/mol. The third-order valence-corrected chi connectivity index (χ3v) is 31.4. The zero-order chi connectivity index (χ0) is 13.0. The van der Waals surface area contributed by atoms with Crippen molar-refractivity contribution in [3.8, 4) is 0 Å². The van der Waals surface area contributed by atoms with Crippen LogP contribution in [0.3, 0.4) is 0 Å². The third kappa shape index (κ3) is 5.13. The molecule has 2 rings (SSSR count). The first kappa shape index (κ1) is 15.9. The Labute approximate surface area is 139 Å². The Morgan fingerprint density at radius 2 is 1.61 bits per heavy atom. The summed E-state index contributed by atoms with van der Waals surface area (Å²) in [6.45, 7) is 7.63. The van der Waals surface area contributed by atoms with Gasteiger partial charge in [0.1, 0.15) is 0 Å². The van der Waals surface area contributed by atoms with Gasteiger partial charge in [-0.3, -0.25) is 0 Å². The maximum atomic E-state index is 2.54. The molecule has 0 amide bonds. The Morgan fingerprint density at radius 1 is 1.06 bits per heavy atom. The van der Waals surface area contributed by atoms with E-state index >= 15 is 0 Å². The summed E-state index contributed by atoms with van der Waals surface area (Å²) in [6, 6.07) is 4.72. The second-order valence-corrected chi connectivity index (χ2v) is 33.8. The van der Waals surface area contributed by atoms with Crippen LogP contribution in [0.25, 0.3) is 0 Å². The minimum absolute atomic E-state index is 0.0507. The van der Waals surface area contributed by atoms with Gasteiger partial charge in [-0.15, -0.1) is 0 Å². The summed E-state index contributed by atoms with van der Waals surface area (Å²) in [7, 11) is 0. The van der Waals surface area contributed by atoms with Crippen molar-refractivity contribution in [2.45, 2.75) is 19.6 Å². The van der Waals surface area contributed by atoms with Gasteiger partial charge in [0.2, 0.25) is 0 Å². The van der Waals surface area contributed by atoms with Crippen molar-refractivity contribution in [2.75, 3.05) is 2.43 Å². The van der Waals surface area contributed by atoms with Crippen molar-refractivity contribution < 1.29 is 41.1 Å². The third-order valence-electron chi connectivity index (χ3n) is 2.08. The number of thiophene rings is 2. The van der Waals surface area contributed by atoms with Gasteiger partial charge in [-0.25, -0.2) is 0 Å². The van der Waals surface area contributed by atoms with Crippen LogP contribution in [0.15, 0.2) is 33.7 Å². The minimum atomic E-state index is -0.741. The molecule has 0 atom stereocenters. The molecule has 0 spiro atoms. The van der Waals surface area contributed by atoms with Crippen LogP contribution in [0, 0.1) is 0 Å². The zero-order valence-corrected chi connectivity index (χ0v) is 18.5. The van der Waals surface area contributed by atoms with E-state index < -0.39 is 5.57 Å². The van der Waals surface area contributed by atoms with Crippen LogP contribution in [-0.4, -0.2) is 8.00 Å². The molecule has 0 fully saturated rings. The van der Waals surface area contributed by atoms with Gasteiger partial charge in [0.05, 0.1) is 0 Å². The average molecular weight is 538 g/mol. The van der Waals surface area contributed by atoms with Gasteiger partial charge in [0.15, 0.2) is 0 Å². The molecule has 102 valence electrons. The van der Waals surface area contributed by atoms with Crippen molar-refractivity contribution >= 4 is 44.4 Å². The van der Waals surface area contributed by atoms with Crippen LogP contribution in [0.1, 0.15) is 0 Å². The van der Waals surface area contributed by atoms with Gasteiger partial charge < -0.3 is 0 Å². The average Bonchev–Trinajstić information content (AvgIpc) is 2.96. The van der Waals surface area contributed by atoms with Crippen LogP contribution >= 0.6 is 28.2 Å².